The summed E-state index contributed by atoms with van der Waals surface area (Å²) >= 11 is 0. The first-order valence-corrected chi connectivity index (χ1v) is 8.81. The summed E-state index contributed by atoms with van der Waals surface area (Å²) < 4.78 is 4.91. The Bertz CT molecular complexity index is 795. The Labute approximate surface area is 153 Å². The molecule has 0 bridgehead atoms. The highest BCUT2D eigenvalue weighted by atomic mass is 16.5. The van der Waals surface area contributed by atoms with Crippen LogP contribution in [0, 0.1) is 5.92 Å². The Balaban J connectivity index is 1.63. The lowest BCUT2D eigenvalue weighted by molar-refractivity contribution is -0.142. The number of aromatic nitrogens is 2. The van der Waals surface area contributed by atoms with Gasteiger partial charge in [0.25, 0.3) is 0 Å². The molecule has 26 heavy (non-hydrogen) atoms. The number of likely N-dealkylation sites (tertiary alicyclic amines) is 1. The highest BCUT2D eigenvalue weighted by Gasteiger charge is 2.30. The normalized spacial score (nSPS) is 17.3. The van der Waals surface area contributed by atoms with Gasteiger partial charge in [-0.3, -0.25) is 14.6 Å². The predicted molar refractivity (Wildman–Crippen MR) is 97.2 cm³/mol. The van der Waals surface area contributed by atoms with E-state index in [2.05, 4.69) is 9.97 Å². The molecule has 0 spiro atoms. The minimum Gasteiger partial charge on any atom is -0.375 e. The third-order valence-corrected chi connectivity index (χ3v) is 4.66. The van der Waals surface area contributed by atoms with Crippen molar-refractivity contribution in [2.75, 3.05) is 33.9 Å². The van der Waals surface area contributed by atoms with E-state index < -0.39 is 0 Å². The molecule has 3 rings (SSSR count). The molecule has 2 heterocycles. The second kappa shape index (κ2) is 8.23. The molecule has 2 aromatic rings. The molecule has 7 heteroatoms. The number of rotatable bonds is 5. The van der Waals surface area contributed by atoms with E-state index in [1.54, 1.807) is 23.0 Å². The SMILES string of the molecule is COCC(=O)N1CCC[C@@H](C(=O)N(C)Cc2cnc3ccccc3n2)C1. The highest BCUT2D eigenvalue weighted by Crippen LogP contribution is 2.19. The van der Waals surface area contributed by atoms with Gasteiger partial charge in [-0.25, -0.2) is 4.98 Å². The van der Waals surface area contributed by atoms with Crippen LogP contribution in [-0.4, -0.2) is 65.4 Å². The van der Waals surface area contributed by atoms with E-state index in [9.17, 15) is 9.59 Å². The summed E-state index contributed by atoms with van der Waals surface area (Å²) in [5.41, 5.74) is 2.41. The van der Waals surface area contributed by atoms with Crippen LogP contribution in [0.4, 0.5) is 0 Å². The molecule has 1 saturated heterocycles. The van der Waals surface area contributed by atoms with Crippen molar-refractivity contribution in [2.45, 2.75) is 19.4 Å². The zero-order chi connectivity index (χ0) is 18.5. The average molecular weight is 356 g/mol. The number of carbonyl (C=O) groups excluding carboxylic acids is 2. The first-order chi connectivity index (χ1) is 12.6. The van der Waals surface area contributed by atoms with Gasteiger partial charge in [-0.2, -0.15) is 0 Å². The molecule has 1 aliphatic rings. The fourth-order valence-corrected chi connectivity index (χ4v) is 3.32. The van der Waals surface area contributed by atoms with E-state index in [0.29, 0.717) is 19.6 Å². The summed E-state index contributed by atoms with van der Waals surface area (Å²) in [6.07, 6.45) is 3.33. The summed E-state index contributed by atoms with van der Waals surface area (Å²) in [4.78, 5) is 37.2. The van der Waals surface area contributed by atoms with Crippen molar-refractivity contribution >= 4 is 22.8 Å². The molecule has 1 atom stereocenters. The lowest BCUT2D eigenvalue weighted by atomic mass is 9.96. The van der Waals surface area contributed by atoms with Crippen LogP contribution in [0.2, 0.25) is 0 Å². The van der Waals surface area contributed by atoms with Crippen molar-refractivity contribution in [1.82, 2.24) is 19.8 Å². The minimum atomic E-state index is -0.178. The number of carbonyl (C=O) groups is 2. The Kier molecular flexibility index (Phi) is 5.78. The fraction of sp³-hybridized carbons (Fsp3) is 0.474. The van der Waals surface area contributed by atoms with Crippen molar-refractivity contribution in [3.8, 4) is 0 Å². The van der Waals surface area contributed by atoms with E-state index in [1.165, 1.54) is 7.11 Å². The molecule has 1 aromatic carbocycles. The zero-order valence-electron chi connectivity index (χ0n) is 15.2. The maximum absolute atomic E-state index is 12.8. The standard InChI is InChI=1S/C19H24N4O3/c1-22(12-15-10-20-16-7-3-4-8-17(16)21-15)19(25)14-6-5-9-23(11-14)18(24)13-26-2/h3-4,7-8,10,14H,5-6,9,11-13H2,1-2H3/t14-/m1/s1. The van der Waals surface area contributed by atoms with Gasteiger partial charge in [0.15, 0.2) is 0 Å². The van der Waals surface area contributed by atoms with Crippen LogP contribution in [0.1, 0.15) is 18.5 Å². The van der Waals surface area contributed by atoms with Crippen LogP contribution in [0.3, 0.4) is 0 Å². The minimum absolute atomic E-state index is 0.0369. The summed E-state index contributed by atoms with van der Waals surface area (Å²) in [5.74, 6) is -0.203. The number of nitrogens with zero attached hydrogens (tertiary/aromatic N) is 4. The number of para-hydroxylation sites is 2. The number of hydrogen-bond acceptors (Lipinski definition) is 5. The lowest BCUT2D eigenvalue weighted by Crippen LogP contribution is -2.46. The maximum Gasteiger partial charge on any atom is 0.248 e. The summed E-state index contributed by atoms with van der Waals surface area (Å²) in [5, 5.41) is 0. The molecule has 0 radical (unpaired) electrons. The van der Waals surface area contributed by atoms with Crippen LogP contribution in [0.25, 0.3) is 11.0 Å². The molecular weight excluding hydrogens is 332 g/mol. The van der Waals surface area contributed by atoms with E-state index in [-0.39, 0.29) is 24.3 Å². The van der Waals surface area contributed by atoms with Crippen LogP contribution in [0.15, 0.2) is 30.5 Å². The van der Waals surface area contributed by atoms with Gasteiger partial charge in [0.1, 0.15) is 6.61 Å². The number of hydrogen-bond donors (Lipinski definition) is 0. The lowest BCUT2D eigenvalue weighted by Gasteiger charge is -2.33. The Morgan fingerprint density at radius 1 is 1.31 bits per heavy atom. The summed E-state index contributed by atoms with van der Waals surface area (Å²) in [7, 11) is 3.28. The average Bonchev–Trinajstić information content (AvgIpc) is 2.67. The molecule has 7 nitrogen and oxygen atoms in total. The first-order valence-electron chi connectivity index (χ1n) is 8.81. The van der Waals surface area contributed by atoms with Gasteiger partial charge in [0.05, 0.1) is 35.4 Å². The Morgan fingerprint density at radius 2 is 2.08 bits per heavy atom. The van der Waals surface area contributed by atoms with Crippen molar-refractivity contribution < 1.29 is 14.3 Å². The van der Waals surface area contributed by atoms with E-state index >= 15 is 0 Å². The quantitative estimate of drug-likeness (QED) is 0.811. The van der Waals surface area contributed by atoms with Crippen LogP contribution in [-0.2, 0) is 20.9 Å². The molecule has 1 aliphatic heterocycles. The molecule has 1 aromatic heterocycles. The summed E-state index contributed by atoms with van der Waals surface area (Å²) in [6.45, 7) is 1.60. The van der Waals surface area contributed by atoms with E-state index in [1.807, 2.05) is 24.3 Å². The number of benzene rings is 1. The van der Waals surface area contributed by atoms with Crippen molar-refractivity contribution in [3.63, 3.8) is 0 Å². The third kappa shape index (κ3) is 4.16. The van der Waals surface area contributed by atoms with Gasteiger partial charge in [0, 0.05) is 27.2 Å². The smallest absolute Gasteiger partial charge is 0.248 e. The van der Waals surface area contributed by atoms with Gasteiger partial charge in [-0.05, 0) is 25.0 Å². The molecule has 2 amide bonds. The van der Waals surface area contributed by atoms with Gasteiger partial charge >= 0.3 is 0 Å². The van der Waals surface area contributed by atoms with Gasteiger partial charge in [-0.15, -0.1) is 0 Å². The topological polar surface area (TPSA) is 75.6 Å². The van der Waals surface area contributed by atoms with Gasteiger partial charge in [-0.1, -0.05) is 12.1 Å². The van der Waals surface area contributed by atoms with Gasteiger partial charge in [0.2, 0.25) is 11.8 Å². The zero-order valence-corrected chi connectivity index (χ0v) is 15.2. The van der Waals surface area contributed by atoms with Crippen LogP contribution >= 0.6 is 0 Å². The molecule has 0 unspecified atom stereocenters. The highest BCUT2D eigenvalue weighted by molar-refractivity contribution is 5.82. The van der Waals surface area contributed by atoms with E-state index in [0.717, 1.165) is 29.6 Å². The molecule has 1 fully saturated rings. The largest absolute Gasteiger partial charge is 0.375 e. The molecular formula is C19H24N4O3. The van der Waals surface area contributed by atoms with Crippen molar-refractivity contribution in [2.24, 2.45) is 5.92 Å². The number of amides is 2. The van der Waals surface area contributed by atoms with E-state index in [4.69, 9.17) is 4.74 Å². The second-order valence-electron chi connectivity index (χ2n) is 6.66. The number of fused-ring (bicyclic) bond motifs is 1. The third-order valence-electron chi connectivity index (χ3n) is 4.66. The molecule has 0 aliphatic carbocycles. The monoisotopic (exact) mass is 356 g/mol. The van der Waals surface area contributed by atoms with Crippen molar-refractivity contribution in [3.05, 3.63) is 36.2 Å². The van der Waals surface area contributed by atoms with Crippen molar-refractivity contribution in [1.29, 1.82) is 0 Å². The summed E-state index contributed by atoms with van der Waals surface area (Å²) in [6, 6.07) is 7.66. The molecule has 138 valence electrons. The second-order valence-corrected chi connectivity index (χ2v) is 6.66. The molecule has 0 N–H and O–H groups in total. The number of ether oxygens (including phenoxy) is 1. The van der Waals surface area contributed by atoms with Gasteiger partial charge < -0.3 is 14.5 Å². The maximum atomic E-state index is 12.8. The number of methoxy groups -OCH3 is 1. The van der Waals surface area contributed by atoms with Crippen LogP contribution < -0.4 is 0 Å². The first kappa shape index (κ1) is 18.3. The Hall–Kier alpha value is -2.54. The number of piperidine rings is 1. The van der Waals surface area contributed by atoms with Crippen LogP contribution in [0.5, 0.6) is 0 Å². The Morgan fingerprint density at radius 3 is 2.85 bits per heavy atom. The fourth-order valence-electron chi connectivity index (χ4n) is 3.32. The predicted octanol–water partition coefficient (Wildman–Crippen LogP) is 1.47. The molecule has 0 saturated carbocycles.